The maximum absolute atomic E-state index is 6.77. The Morgan fingerprint density at radius 2 is 1.52 bits per heavy atom. The Morgan fingerprint density at radius 3 is 2.19 bits per heavy atom. The van der Waals surface area contributed by atoms with Crippen molar-refractivity contribution in [3.05, 3.63) is 22.7 Å². The molecule has 1 aliphatic heterocycles. The highest BCUT2D eigenvalue weighted by atomic mass is 35.5. The van der Waals surface area contributed by atoms with Gasteiger partial charge in [-0.3, -0.25) is 0 Å². The molecular weight excluding hydrogens is 307 g/mol. The smallest absolute Gasteiger partial charge is 0.162 e. The number of ether oxygens (including phenoxy) is 2. The summed E-state index contributed by atoms with van der Waals surface area (Å²) in [6.07, 6.45) is 8.49. The van der Waals surface area contributed by atoms with Crippen molar-refractivity contribution in [3.63, 3.8) is 0 Å². The fourth-order valence-electron chi connectivity index (χ4n) is 3.27. The second-order valence-corrected chi connectivity index (χ2v) is 6.90. The molecule has 116 valence electrons. The van der Waals surface area contributed by atoms with Crippen LogP contribution in [0.3, 0.4) is 0 Å². The Kier molecular flexibility index (Phi) is 5.18. The van der Waals surface area contributed by atoms with Crippen molar-refractivity contribution in [1.29, 1.82) is 0 Å². The van der Waals surface area contributed by atoms with E-state index in [-0.39, 0.29) is 5.38 Å². The molecule has 0 bridgehead atoms. The van der Waals surface area contributed by atoms with Crippen LogP contribution in [-0.4, -0.2) is 13.2 Å². The molecule has 1 heterocycles. The SMILES string of the molecule is Clc1cc2c(cc1C(Cl)C1CCCCCC1)OCCCO2. The fourth-order valence-corrected chi connectivity index (χ4v) is 4.03. The average Bonchev–Trinajstić information content (AvgIpc) is 2.88. The summed E-state index contributed by atoms with van der Waals surface area (Å²) in [5.41, 5.74) is 0.995. The average molecular weight is 329 g/mol. The van der Waals surface area contributed by atoms with Gasteiger partial charge in [0.25, 0.3) is 0 Å². The summed E-state index contributed by atoms with van der Waals surface area (Å²) in [5.74, 6) is 2.04. The molecule has 1 fully saturated rings. The summed E-state index contributed by atoms with van der Waals surface area (Å²) in [5, 5.41) is 0.663. The minimum absolute atomic E-state index is 0.0345. The van der Waals surface area contributed by atoms with Gasteiger partial charge in [0.05, 0.1) is 18.6 Å². The van der Waals surface area contributed by atoms with Crippen molar-refractivity contribution in [2.24, 2.45) is 5.92 Å². The zero-order valence-electron chi connectivity index (χ0n) is 12.2. The number of halogens is 2. The molecule has 1 aromatic rings. The van der Waals surface area contributed by atoms with Crippen LogP contribution in [0.5, 0.6) is 11.5 Å². The van der Waals surface area contributed by atoms with Crippen LogP contribution in [0.15, 0.2) is 12.1 Å². The largest absolute Gasteiger partial charge is 0.490 e. The maximum Gasteiger partial charge on any atom is 0.162 e. The number of hydrogen-bond donors (Lipinski definition) is 0. The monoisotopic (exact) mass is 328 g/mol. The van der Waals surface area contributed by atoms with E-state index in [4.69, 9.17) is 32.7 Å². The lowest BCUT2D eigenvalue weighted by molar-refractivity contribution is 0.297. The first-order chi connectivity index (χ1) is 10.3. The first-order valence-corrected chi connectivity index (χ1v) is 8.80. The van der Waals surface area contributed by atoms with E-state index in [1.165, 1.54) is 38.5 Å². The van der Waals surface area contributed by atoms with Gasteiger partial charge in [0.15, 0.2) is 11.5 Å². The summed E-state index contributed by atoms with van der Waals surface area (Å²) in [4.78, 5) is 0. The van der Waals surface area contributed by atoms with Crippen molar-refractivity contribution in [2.45, 2.75) is 50.3 Å². The van der Waals surface area contributed by atoms with Crippen molar-refractivity contribution in [1.82, 2.24) is 0 Å². The standard InChI is InChI=1S/C17H22Cl2O2/c18-14-11-16-15(20-8-5-9-21-16)10-13(14)17(19)12-6-3-1-2-4-7-12/h10-12,17H,1-9H2. The lowest BCUT2D eigenvalue weighted by Gasteiger charge is -2.23. The van der Waals surface area contributed by atoms with Crippen LogP contribution >= 0.6 is 23.2 Å². The summed E-state index contributed by atoms with van der Waals surface area (Å²) < 4.78 is 11.4. The van der Waals surface area contributed by atoms with Gasteiger partial charge in [0.1, 0.15) is 0 Å². The van der Waals surface area contributed by atoms with E-state index >= 15 is 0 Å². The number of fused-ring (bicyclic) bond motifs is 1. The number of alkyl halides is 1. The predicted molar refractivity (Wildman–Crippen MR) is 86.8 cm³/mol. The summed E-state index contributed by atoms with van der Waals surface area (Å²) in [6.45, 7) is 1.36. The molecule has 4 heteroatoms. The van der Waals surface area contributed by atoms with E-state index in [1.807, 2.05) is 12.1 Å². The van der Waals surface area contributed by atoms with Gasteiger partial charge in [0.2, 0.25) is 0 Å². The van der Waals surface area contributed by atoms with E-state index in [0.29, 0.717) is 24.2 Å². The lowest BCUT2D eigenvalue weighted by Crippen LogP contribution is -2.08. The quantitative estimate of drug-likeness (QED) is 0.508. The molecule has 2 aliphatic rings. The van der Waals surface area contributed by atoms with Gasteiger partial charge in [-0.05, 0) is 30.4 Å². The predicted octanol–water partition coefficient (Wildman–Crippen LogP) is 5.75. The molecule has 2 nitrogen and oxygen atoms in total. The van der Waals surface area contributed by atoms with Crippen LogP contribution in [0, 0.1) is 5.92 Å². The summed E-state index contributed by atoms with van der Waals surface area (Å²) in [6, 6.07) is 3.86. The van der Waals surface area contributed by atoms with Crippen LogP contribution in [0.25, 0.3) is 0 Å². The summed E-state index contributed by atoms with van der Waals surface area (Å²) >= 11 is 13.2. The zero-order chi connectivity index (χ0) is 14.7. The molecule has 21 heavy (non-hydrogen) atoms. The van der Waals surface area contributed by atoms with Crippen molar-refractivity contribution < 1.29 is 9.47 Å². The number of rotatable bonds is 2. The topological polar surface area (TPSA) is 18.5 Å². The highest BCUT2D eigenvalue weighted by molar-refractivity contribution is 6.33. The van der Waals surface area contributed by atoms with E-state index in [9.17, 15) is 0 Å². The number of hydrogen-bond acceptors (Lipinski definition) is 2. The van der Waals surface area contributed by atoms with E-state index in [1.54, 1.807) is 0 Å². The third-order valence-corrected chi connectivity index (χ3v) is 5.40. The highest BCUT2D eigenvalue weighted by Gasteiger charge is 2.26. The minimum Gasteiger partial charge on any atom is -0.490 e. The van der Waals surface area contributed by atoms with Crippen LogP contribution < -0.4 is 9.47 Å². The van der Waals surface area contributed by atoms with Crippen molar-refractivity contribution in [3.8, 4) is 11.5 Å². The van der Waals surface area contributed by atoms with Gasteiger partial charge in [-0.25, -0.2) is 0 Å². The molecule has 0 saturated heterocycles. The normalized spacial score (nSPS) is 21.4. The van der Waals surface area contributed by atoms with Crippen molar-refractivity contribution in [2.75, 3.05) is 13.2 Å². The molecule has 0 N–H and O–H groups in total. The second-order valence-electron chi connectivity index (χ2n) is 6.02. The Labute approximate surface area is 136 Å². The van der Waals surface area contributed by atoms with Gasteiger partial charge < -0.3 is 9.47 Å². The molecular formula is C17H22Cl2O2. The molecule has 1 aliphatic carbocycles. The molecule has 0 spiro atoms. The fraction of sp³-hybridized carbons (Fsp3) is 0.647. The van der Waals surface area contributed by atoms with Gasteiger partial charge >= 0.3 is 0 Å². The zero-order valence-corrected chi connectivity index (χ0v) is 13.8. The van der Waals surface area contributed by atoms with Gasteiger partial charge in [-0.2, -0.15) is 0 Å². The second kappa shape index (κ2) is 7.11. The van der Waals surface area contributed by atoms with E-state index in [2.05, 4.69) is 0 Å². The Morgan fingerprint density at radius 1 is 0.905 bits per heavy atom. The van der Waals surface area contributed by atoms with Gasteiger partial charge in [-0.15, -0.1) is 11.6 Å². The highest BCUT2D eigenvalue weighted by Crippen LogP contribution is 2.44. The van der Waals surface area contributed by atoms with Crippen LogP contribution in [0.1, 0.15) is 55.9 Å². The number of benzene rings is 1. The van der Waals surface area contributed by atoms with Crippen LogP contribution in [-0.2, 0) is 0 Å². The molecule has 0 radical (unpaired) electrons. The Balaban J connectivity index is 1.84. The van der Waals surface area contributed by atoms with E-state index < -0.39 is 0 Å². The van der Waals surface area contributed by atoms with Crippen LogP contribution in [0.2, 0.25) is 5.02 Å². The lowest BCUT2D eigenvalue weighted by atomic mass is 9.91. The summed E-state index contributed by atoms with van der Waals surface area (Å²) in [7, 11) is 0. The van der Waals surface area contributed by atoms with Crippen molar-refractivity contribution >= 4 is 23.2 Å². The third kappa shape index (κ3) is 3.60. The molecule has 1 atom stereocenters. The first-order valence-electron chi connectivity index (χ1n) is 7.99. The molecule has 0 aromatic heterocycles. The molecule has 1 aromatic carbocycles. The van der Waals surface area contributed by atoms with Crippen LogP contribution in [0.4, 0.5) is 0 Å². The molecule has 1 saturated carbocycles. The van der Waals surface area contributed by atoms with Gasteiger partial charge in [-0.1, -0.05) is 37.3 Å². The maximum atomic E-state index is 6.77. The molecule has 1 unspecified atom stereocenters. The Bertz CT molecular complexity index is 482. The first kappa shape index (κ1) is 15.3. The molecule has 3 rings (SSSR count). The minimum atomic E-state index is -0.0345. The van der Waals surface area contributed by atoms with Gasteiger partial charge in [0, 0.05) is 17.5 Å². The van der Waals surface area contributed by atoms with E-state index in [0.717, 1.165) is 23.5 Å². The third-order valence-electron chi connectivity index (χ3n) is 4.48. The molecule has 0 amide bonds. The Hall–Kier alpha value is -0.600.